The van der Waals surface area contributed by atoms with Gasteiger partial charge >= 0.3 is 0 Å². The van der Waals surface area contributed by atoms with Gasteiger partial charge in [0.15, 0.2) is 5.13 Å². The Morgan fingerprint density at radius 2 is 1.93 bits per heavy atom. The molecule has 0 aliphatic rings. The second-order valence-corrected chi connectivity index (χ2v) is 8.03. The third-order valence-corrected chi connectivity index (χ3v) is 6.07. The average molecular weight is 426 g/mol. The highest BCUT2D eigenvalue weighted by Crippen LogP contribution is 2.36. The largest absolute Gasteiger partial charge is 0.282 e. The van der Waals surface area contributed by atoms with Gasteiger partial charge in [-0.2, -0.15) is 0 Å². The molecular formula is C22H17ClFN3OS. The van der Waals surface area contributed by atoms with Gasteiger partial charge in [0.1, 0.15) is 5.82 Å². The smallest absolute Gasteiger partial charge is 0.233 e. The minimum atomic E-state index is -0.331. The number of halogens is 2. The number of anilines is 1. The van der Waals surface area contributed by atoms with Crippen molar-refractivity contribution in [1.29, 1.82) is 0 Å². The first-order chi connectivity index (χ1) is 14.0. The minimum absolute atomic E-state index is 0.135. The number of aryl methyl sites for hydroxylation is 1. The Morgan fingerprint density at radius 1 is 1.14 bits per heavy atom. The molecule has 146 valence electrons. The maximum absolute atomic E-state index is 13.2. The number of nitrogens with zero attached hydrogens (tertiary/aromatic N) is 3. The van der Waals surface area contributed by atoms with Crippen molar-refractivity contribution in [1.82, 2.24) is 9.97 Å². The van der Waals surface area contributed by atoms with Crippen LogP contribution in [0, 0.1) is 12.7 Å². The maximum Gasteiger partial charge on any atom is 0.233 e. The summed E-state index contributed by atoms with van der Waals surface area (Å²) in [7, 11) is 0. The summed E-state index contributed by atoms with van der Waals surface area (Å²) in [5.74, 6) is -0.474. The summed E-state index contributed by atoms with van der Waals surface area (Å²) in [5, 5.41) is 1.17. The van der Waals surface area contributed by atoms with Crippen LogP contribution in [-0.2, 0) is 17.8 Å². The molecule has 2 aromatic heterocycles. The van der Waals surface area contributed by atoms with Crippen LogP contribution < -0.4 is 4.90 Å². The van der Waals surface area contributed by atoms with Gasteiger partial charge in [0.25, 0.3) is 0 Å². The van der Waals surface area contributed by atoms with E-state index in [1.165, 1.54) is 23.5 Å². The molecule has 2 aromatic carbocycles. The van der Waals surface area contributed by atoms with E-state index < -0.39 is 0 Å². The van der Waals surface area contributed by atoms with Crippen LogP contribution in [-0.4, -0.2) is 15.9 Å². The number of carbonyl (C=O) groups is 1. The first-order valence-electron chi connectivity index (χ1n) is 9.01. The summed E-state index contributed by atoms with van der Waals surface area (Å²) < 4.78 is 14.1. The predicted molar refractivity (Wildman–Crippen MR) is 115 cm³/mol. The van der Waals surface area contributed by atoms with Crippen LogP contribution >= 0.6 is 22.9 Å². The van der Waals surface area contributed by atoms with E-state index in [1.54, 1.807) is 23.2 Å². The van der Waals surface area contributed by atoms with Crippen molar-refractivity contribution in [3.05, 3.63) is 88.5 Å². The van der Waals surface area contributed by atoms with Crippen molar-refractivity contribution in [3.8, 4) is 0 Å². The van der Waals surface area contributed by atoms with Gasteiger partial charge in [-0.15, -0.1) is 0 Å². The number of thiazole rings is 1. The lowest BCUT2D eigenvalue weighted by atomic mass is 10.1. The summed E-state index contributed by atoms with van der Waals surface area (Å²) in [6.45, 7) is 2.25. The molecule has 4 aromatic rings. The van der Waals surface area contributed by atoms with E-state index in [9.17, 15) is 9.18 Å². The number of fused-ring (bicyclic) bond motifs is 1. The predicted octanol–water partition coefficient (Wildman–Crippen LogP) is 5.57. The highest BCUT2D eigenvalue weighted by molar-refractivity contribution is 7.23. The van der Waals surface area contributed by atoms with Crippen LogP contribution in [0.15, 0.2) is 60.8 Å². The number of hydrogen-bond acceptors (Lipinski definition) is 4. The molecule has 0 aliphatic carbocycles. The number of hydrogen-bond donors (Lipinski definition) is 0. The molecule has 4 nitrogen and oxygen atoms in total. The standard InChI is InChI=1S/C22H17ClFN3OS/c1-14-5-10-18(23)21-20(14)26-22(29-21)27(13-17-4-2-3-11-25-17)19(28)12-15-6-8-16(24)9-7-15/h2-11H,12-13H2,1H3. The number of rotatable bonds is 5. The van der Waals surface area contributed by atoms with Crippen LogP contribution in [0.3, 0.4) is 0 Å². The third kappa shape index (κ3) is 4.28. The van der Waals surface area contributed by atoms with E-state index in [0.717, 1.165) is 27.0 Å². The Hall–Kier alpha value is -2.83. The summed E-state index contributed by atoms with van der Waals surface area (Å²) in [6.07, 6.45) is 1.83. The minimum Gasteiger partial charge on any atom is -0.282 e. The van der Waals surface area contributed by atoms with E-state index in [4.69, 9.17) is 16.6 Å². The van der Waals surface area contributed by atoms with E-state index in [1.807, 2.05) is 37.3 Å². The molecule has 2 heterocycles. The first kappa shape index (κ1) is 19.5. The van der Waals surface area contributed by atoms with E-state index >= 15 is 0 Å². The lowest BCUT2D eigenvalue weighted by Crippen LogP contribution is -2.32. The zero-order chi connectivity index (χ0) is 20.4. The molecule has 0 atom stereocenters. The summed E-state index contributed by atoms with van der Waals surface area (Å²) in [5.41, 5.74) is 3.27. The van der Waals surface area contributed by atoms with Gasteiger partial charge in [0.2, 0.25) is 5.91 Å². The van der Waals surface area contributed by atoms with Gasteiger partial charge in [-0.05, 0) is 48.4 Å². The fourth-order valence-corrected chi connectivity index (χ4v) is 4.33. The first-order valence-corrected chi connectivity index (χ1v) is 10.2. The normalized spacial score (nSPS) is 11.0. The second kappa shape index (κ2) is 8.27. The average Bonchev–Trinajstić information content (AvgIpc) is 3.18. The lowest BCUT2D eigenvalue weighted by Gasteiger charge is -2.19. The number of benzene rings is 2. The molecule has 0 saturated heterocycles. The number of aromatic nitrogens is 2. The van der Waals surface area contributed by atoms with Crippen LogP contribution in [0.25, 0.3) is 10.2 Å². The molecule has 0 aliphatic heterocycles. The van der Waals surface area contributed by atoms with E-state index in [-0.39, 0.29) is 24.7 Å². The van der Waals surface area contributed by atoms with Gasteiger partial charge in [-0.3, -0.25) is 14.7 Å². The lowest BCUT2D eigenvalue weighted by molar-refractivity contribution is -0.118. The molecule has 0 spiro atoms. The van der Waals surface area contributed by atoms with Gasteiger partial charge in [0, 0.05) is 6.20 Å². The Bertz CT molecular complexity index is 1120. The molecular weight excluding hydrogens is 409 g/mol. The van der Waals surface area contributed by atoms with Crippen LogP contribution in [0.1, 0.15) is 16.8 Å². The number of amides is 1. The van der Waals surface area contributed by atoms with Crippen molar-refractivity contribution in [3.63, 3.8) is 0 Å². The Morgan fingerprint density at radius 3 is 2.62 bits per heavy atom. The van der Waals surface area contributed by atoms with Crippen molar-refractivity contribution >= 4 is 44.2 Å². The molecule has 0 unspecified atom stereocenters. The van der Waals surface area contributed by atoms with E-state index in [2.05, 4.69) is 4.98 Å². The SMILES string of the molecule is Cc1ccc(Cl)c2sc(N(Cc3ccccn3)C(=O)Cc3ccc(F)cc3)nc12. The zero-order valence-electron chi connectivity index (χ0n) is 15.6. The second-order valence-electron chi connectivity index (χ2n) is 6.64. The van der Waals surface area contributed by atoms with E-state index in [0.29, 0.717) is 10.2 Å². The molecule has 0 fully saturated rings. The quantitative estimate of drug-likeness (QED) is 0.420. The molecule has 1 amide bonds. The van der Waals surface area contributed by atoms with Crippen LogP contribution in [0.4, 0.5) is 9.52 Å². The molecule has 0 N–H and O–H groups in total. The highest BCUT2D eigenvalue weighted by Gasteiger charge is 2.22. The monoisotopic (exact) mass is 425 g/mol. The van der Waals surface area contributed by atoms with Gasteiger partial charge in [-0.25, -0.2) is 9.37 Å². The zero-order valence-corrected chi connectivity index (χ0v) is 17.2. The van der Waals surface area contributed by atoms with Crippen molar-refractivity contribution in [2.24, 2.45) is 0 Å². The van der Waals surface area contributed by atoms with Gasteiger partial charge in [-0.1, -0.05) is 47.2 Å². The van der Waals surface area contributed by atoms with Gasteiger partial charge in [0.05, 0.1) is 33.9 Å². The topological polar surface area (TPSA) is 46.1 Å². The molecule has 0 bridgehead atoms. The molecule has 0 radical (unpaired) electrons. The summed E-state index contributed by atoms with van der Waals surface area (Å²) in [4.78, 5) is 23.8. The van der Waals surface area contributed by atoms with Crippen molar-refractivity contribution < 1.29 is 9.18 Å². The number of pyridine rings is 1. The fourth-order valence-electron chi connectivity index (χ4n) is 2.99. The molecule has 0 saturated carbocycles. The van der Waals surface area contributed by atoms with Crippen molar-refractivity contribution in [2.75, 3.05) is 4.90 Å². The highest BCUT2D eigenvalue weighted by atomic mass is 35.5. The summed E-state index contributed by atoms with van der Waals surface area (Å²) >= 11 is 7.73. The Balaban J connectivity index is 1.72. The molecule has 4 rings (SSSR count). The Labute approximate surface area is 176 Å². The van der Waals surface area contributed by atoms with Gasteiger partial charge < -0.3 is 0 Å². The van der Waals surface area contributed by atoms with Crippen LogP contribution in [0.5, 0.6) is 0 Å². The van der Waals surface area contributed by atoms with Crippen molar-refractivity contribution in [2.45, 2.75) is 19.9 Å². The summed E-state index contributed by atoms with van der Waals surface area (Å²) in [6, 6.07) is 15.3. The number of carbonyl (C=O) groups excluding carboxylic acids is 1. The molecule has 7 heteroatoms. The molecule has 29 heavy (non-hydrogen) atoms. The fraction of sp³-hybridized carbons (Fsp3) is 0.136. The van der Waals surface area contributed by atoms with Crippen LogP contribution in [0.2, 0.25) is 5.02 Å². The third-order valence-electron chi connectivity index (χ3n) is 4.53. The maximum atomic E-state index is 13.2. The Kier molecular flexibility index (Phi) is 5.56.